The third kappa shape index (κ3) is 2.89. The number of phenols is 1. The Balaban J connectivity index is 1.62. The summed E-state index contributed by atoms with van der Waals surface area (Å²) in [6.45, 7) is 0. The SMILES string of the molecule is Oc1ccc([C@@H]2Nc3c(SC(F)(F)F)cccc3[C@H]3[C@@H]4CC[C@@H](C4)[C@H]32)cc1. The maximum Gasteiger partial charge on any atom is 0.446 e. The number of hydrogen-bond donors (Lipinski definition) is 2. The molecule has 2 saturated carbocycles. The van der Waals surface area contributed by atoms with Gasteiger partial charge in [-0.25, -0.2) is 0 Å². The molecule has 142 valence electrons. The molecule has 2 aliphatic carbocycles. The van der Waals surface area contributed by atoms with E-state index < -0.39 is 5.51 Å². The van der Waals surface area contributed by atoms with Crippen LogP contribution in [-0.2, 0) is 0 Å². The summed E-state index contributed by atoms with van der Waals surface area (Å²) in [6.07, 6.45) is 3.54. The number of thioether (sulfide) groups is 1. The Hall–Kier alpha value is -1.82. The number of nitrogens with one attached hydrogen (secondary N) is 1. The first-order chi connectivity index (χ1) is 12.9. The van der Waals surface area contributed by atoms with Gasteiger partial charge in [0.05, 0.1) is 11.7 Å². The van der Waals surface area contributed by atoms with Crippen LogP contribution in [0.3, 0.4) is 0 Å². The number of benzene rings is 2. The van der Waals surface area contributed by atoms with Crippen molar-refractivity contribution < 1.29 is 18.3 Å². The van der Waals surface area contributed by atoms with E-state index in [0.29, 0.717) is 29.4 Å². The lowest BCUT2D eigenvalue weighted by Gasteiger charge is -2.44. The van der Waals surface area contributed by atoms with Crippen LogP contribution in [0.25, 0.3) is 0 Å². The molecule has 2 fully saturated rings. The van der Waals surface area contributed by atoms with E-state index in [-0.39, 0.29) is 28.4 Å². The van der Waals surface area contributed by atoms with Crippen LogP contribution < -0.4 is 5.32 Å². The van der Waals surface area contributed by atoms with Gasteiger partial charge in [0.15, 0.2) is 0 Å². The van der Waals surface area contributed by atoms with Crippen molar-refractivity contribution in [2.75, 3.05) is 5.32 Å². The van der Waals surface area contributed by atoms with Gasteiger partial charge in [0.1, 0.15) is 5.75 Å². The van der Waals surface area contributed by atoms with E-state index in [1.807, 2.05) is 18.2 Å². The molecule has 5 rings (SSSR count). The van der Waals surface area contributed by atoms with Crippen molar-refractivity contribution in [1.29, 1.82) is 0 Å². The Morgan fingerprint density at radius 2 is 1.74 bits per heavy atom. The van der Waals surface area contributed by atoms with Crippen molar-refractivity contribution in [1.82, 2.24) is 0 Å². The van der Waals surface area contributed by atoms with E-state index in [4.69, 9.17) is 0 Å². The van der Waals surface area contributed by atoms with Crippen molar-refractivity contribution in [3.8, 4) is 5.75 Å². The predicted octanol–water partition coefficient (Wildman–Crippen LogP) is 6.30. The Morgan fingerprint density at radius 1 is 1.00 bits per heavy atom. The number of alkyl halides is 3. The van der Waals surface area contributed by atoms with E-state index in [2.05, 4.69) is 5.32 Å². The molecular weight excluding hydrogens is 371 g/mol. The zero-order valence-electron chi connectivity index (χ0n) is 14.5. The number of para-hydroxylation sites is 1. The molecule has 2 N–H and O–H groups in total. The topological polar surface area (TPSA) is 32.3 Å². The molecule has 2 aromatic carbocycles. The minimum Gasteiger partial charge on any atom is -0.508 e. The quantitative estimate of drug-likeness (QED) is 0.589. The summed E-state index contributed by atoms with van der Waals surface area (Å²) in [5.74, 6) is 2.08. The average molecular weight is 391 g/mol. The average Bonchev–Trinajstić information content (AvgIpc) is 3.23. The molecule has 1 heterocycles. The highest BCUT2D eigenvalue weighted by Crippen LogP contribution is 2.64. The number of rotatable bonds is 2. The summed E-state index contributed by atoms with van der Waals surface area (Å²) >= 11 is -0.0333. The summed E-state index contributed by atoms with van der Waals surface area (Å²) in [6, 6.07) is 12.4. The van der Waals surface area contributed by atoms with E-state index >= 15 is 0 Å². The first-order valence-corrected chi connectivity index (χ1v) is 10.2. The van der Waals surface area contributed by atoms with Crippen molar-refractivity contribution in [2.45, 2.75) is 41.6 Å². The van der Waals surface area contributed by atoms with Gasteiger partial charge in [-0.05, 0) is 84.0 Å². The monoisotopic (exact) mass is 391 g/mol. The van der Waals surface area contributed by atoms with Crippen LogP contribution in [0.5, 0.6) is 5.75 Å². The smallest absolute Gasteiger partial charge is 0.446 e. The van der Waals surface area contributed by atoms with Crippen LogP contribution in [0.2, 0.25) is 0 Å². The van der Waals surface area contributed by atoms with Gasteiger partial charge in [0, 0.05) is 4.90 Å². The first-order valence-electron chi connectivity index (χ1n) is 9.35. The Labute approximate surface area is 160 Å². The van der Waals surface area contributed by atoms with Gasteiger partial charge in [0.2, 0.25) is 0 Å². The van der Waals surface area contributed by atoms with Gasteiger partial charge in [0.25, 0.3) is 0 Å². The van der Waals surface area contributed by atoms with Crippen molar-refractivity contribution in [2.24, 2.45) is 17.8 Å². The van der Waals surface area contributed by atoms with Gasteiger partial charge in [-0.2, -0.15) is 13.2 Å². The fourth-order valence-corrected chi connectivity index (χ4v) is 6.38. The molecule has 1 aliphatic heterocycles. The van der Waals surface area contributed by atoms with E-state index in [9.17, 15) is 18.3 Å². The fourth-order valence-electron chi connectivity index (χ4n) is 5.71. The van der Waals surface area contributed by atoms with Gasteiger partial charge in [-0.3, -0.25) is 0 Å². The third-order valence-electron chi connectivity index (χ3n) is 6.56. The number of hydrogen-bond acceptors (Lipinski definition) is 3. The molecule has 0 radical (unpaired) electrons. The van der Waals surface area contributed by atoms with Crippen LogP contribution >= 0.6 is 11.8 Å². The van der Waals surface area contributed by atoms with Crippen LogP contribution in [0.15, 0.2) is 47.4 Å². The first kappa shape index (κ1) is 17.3. The van der Waals surface area contributed by atoms with Crippen molar-refractivity contribution >= 4 is 17.4 Å². The number of fused-ring (bicyclic) bond motifs is 7. The Morgan fingerprint density at radius 3 is 2.48 bits per heavy atom. The summed E-state index contributed by atoms with van der Waals surface area (Å²) in [7, 11) is 0. The lowest BCUT2D eigenvalue weighted by molar-refractivity contribution is -0.0328. The number of anilines is 1. The molecule has 5 atom stereocenters. The fraction of sp³-hybridized carbons (Fsp3) is 0.429. The van der Waals surface area contributed by atoms with Crippen LogP contribution in [0, 0.1) is 17.8 Å². The van der Waals surface area contributed by atoms with E-state index in [0.717, 1.165) is 11.1 Å². The third-order valence-corrected chi connectivity index (χ3v) is 7.35. The molecule has 0 spiro atoms. The van der Waals surface area contributed by atoms with Crippen LogP contribution in [0.4, 0.5) is 18.9 Å². The second-order valence-corrected chi connectivity index (χ2v) is 9.02. The summed E-state index contributed by atoms with van der Waals surface area (Å²) < 4.78 is 39.3. The highest BCUT2D eigenvalue weighted by molar-refractivity contribution is 8.00. The second kappa shape index (κ2) is 6.09. The molecule has 27 heavy (non-hydrogen) atoms. The maximum absolute atomic E-state index is 13.1. The number of aromatic hydroxyl groups is 1. The highest BCUT2D eigenvalue weighted by Gasteiger charge is 2.54. The Kier molecular flexibility index (Phi) is 3.90. The number of phenolic OH excluding ortho intramolecular Hbond substituents is 1. The minimum atomic E-state index is -4.31. The molecule has 2 aromatic rings. The lowest BCUT2D eigenvalue weighted by Crippen LogP contribution is -2.35. The molecule has 2 bridgehead atoms. The van der Waals surface area contributed by atoms with E-state index in [1.165, 1.54) is 19.3 Å². The summed E-state index contributed by atoms with van der Waals surface area (Å²) in [4.78, 5) is 0.255. The minimum absolute atomic E-state index is 0.0200. The zero-order chi connectivity index (χ0) is 18.8. The highest BCUT2D eigenvalue weighted by atomic mass is 32.2. The molecule has 3 aliphatic rings. The maximum atomic E-state index is 13.1. The molecule has 6 heteroatoms. The zero-order valence-corrected chi connectivity index (χ0v) is 15.4. The lowest BCUT2D eigenvalue weighted by atomic mass is 9.68. The van der Waals surface area contributed by atoms with Crippen molar-refractivity contribution in [3.63, 3.8) is 0 Å². The standard InChI is InChI=1S/C21H20F3NOS/c22-21(23,24)27-16-3-1-2-15-17-12-4-5-13(10-12)18(17)19(25-20(15)16)11-6-8-14(26)9-7-11/h1-3,6-9,12-13,17-19,25-26H,4-5,10H2/t12-,13+,17-,18-,19+/m1/s1. The largest absolute Gasteiger partial charge is 0.508 e. The van der Waals surface area contributed by atoms with Gasteiger partial charge in [-0.1, -0.05) is 24.3 Å². The van der Waals surface area contributed by atoms with Crippen LogP contribution in [-0.4, -0.2) is 10.6 Å². The summed E-state index contributed by atoms with van der Waals surface area (Å²) in [5.41, 5.74) is -1.58. The predicted molar refractivity (Wildman–Crippen MR) is 99.9 cm³/mol. The van der Waals surface area contributed by atoms with E-state index in [1.54, 1.807) is 24.3 Å². The second-order valence-electron chi connectivity index (χ2n) is 7.92. The molecule has 0 saturated heterocycles. The molecule has 0 amide bonds. The van der Waals surface area contributed by atoms with Gasteiger partial charge < -0.3 is 10.4 Å². The normalized spacial score (nSPS) is 31.3. The van der Waals surface area contributed by atoms with Gasteiger partial charge >= 0.3 is 5.51 Å². The van der Waals surface area contributed by atoms with Gasteiger partial charge in [-0.15, -0.1) is 0 Å². The molecule has 2 nitrogen and oxygen atoms in total. The Bertz CT molecular complexity index is 867. The van der Waals surface area contributed by atoms with Crippen molar-refractivity contribution in [3.05, 3.63) is 53.6 Å². The molecular formula is C21H20F3NOS. The van der Waals surface area contributed by atoms with Crippen LogP contribution in [0.1, 0.15) is 42.3 Å². The number of halogens is 3. The molecule has 0 aromatic heterocycles. The summed E-state index contributed by atoms with van der Waals surface area (Å²) in [5, 5.41) is 13.1. The molecule has 0 unspecified atom stereocenters.